The largest absolute Gasteiger partial charge is 0.314 e. The molecule has 0 saturated carbocycles. The molecular formula is C17H24N+. The predicted octanol–water partition coefficient (Wildman–Crippen LogP) is 3.74. The molecule has 1 heteroatoms. The van der Waals surface area contributed by atoms with Crippen LogP contribution in [-0.4, -0.2) is 6.54 Å². The van der Waals surface area contributed by atoms with Crippen molar-refractivity contribution in [1.29, 1.82) is 0 Å². The van der Waals surface area contributed by atoms with E-state index in [1.807, 2.05) is 0 Å². The molecule has 0 bridgehead atoms. The minimum Gasteiger partial charge on any atom is -0.314 e. The van der Waals surface area contributed by atoms with E-state index in [9.17, 15) is 0 Å². The Morgan fingerprint density at radius 2 is 1.72 bits per heavy atom. The monoisotopic (exact) mass is 242 g/mol. The Balaban J connectivity index is 2.74. The molecule has 0 aliphatic heterocycles. The first-order valence-corrected chi connectivity index (χ1v) is 6.95. The molecule has 2 aromatic rings. The average Bonchev–Trinajstić information content (AvgIpc) is 2.38. The maximum atomic E-state index is 2.35. The van der Waals surface area contributed by atoms with Crippen LogP contribution in [0.5, 0.6) is 0 Å². The molecule has 0 atom stereocenters. The zero-order chi connectivity index (χ0) is 13.2. The highest BCUT2D eigenvalue weighted by Crippen LogP contribution is 2.36. The number of benzene rings is 2. The molecule has 0 unspecified atom stereocenters. The maximum absolute atomic E-state index is 2.35. The van der Waals surface area contributed by atoms with E-state index in [4.69, 9.17) is 0 Å². The van der Waals surface area contributed by atoms with Gasteiger partial charge >= 0.3 is 0 Å². The molecular weight excluding hydrogens is 218 g/mol. The molecule has 0 radical (unpaired) electrons. The summed E-state index contributed by atoms with van der Waals surface area (Å²) in [5.74, 6) is 0. The van der Waals surface area contributed by atoms with Gasteiger partial charge in [0.05, 0.1) is 6.54 Å². The molecule has 0 aliphatic rings. The molecule has 0 heterocycles. The first-order valence-electron chi connectivity index (χ1n) is 6.95. The lowest BCUT2D eigenvalue weighted by atomic mass is 9.78. The lowest BCUT2D eigenvalue weighted by Gasteiger charge is -2.26. The van der Waals surface area contributed by atoms with Gasteiger partial charge in [-0.15, -0.1) is 0 Å². The van der Waals surface area contributed by atoms with Crippen LogP contribution in [0.25, 0.3) is 10.8 Å². The van der Waals surface area contributed by atoms with Crippen LogP contribution >= 0.6 is 0 Å². The number of fused-ring (bicyclic) bond motifs is 1. The van der Waals surface area contributed by atoms with Crippen LogP contribution in [0.1, 0.15) is 39.7 Å². The van der Waals surface area contributed by atoms with Gasteiger partial charge in [0.15, 0.2) is 0 Å². The molecule has 1 nitrogen and oxygen atoms in total. The van der Waals surface area contributed by atoms with Gasteiger partial charge < -0.3 is 5.32 Å². The highest BCUT2D eigenvalue weighted by Gasteiger charge is 2.25. The molecule has 0 spiro atoms. The van der Waals surface area contributed by atoms with Gasteiger partial charge in [0, 0.05) is 5.56 Å². The fourth-order valence-electron chi connectivity index (χ4n) is 2.61. The molecule has 0 amide bonds. The third kappa shape index (κ3) is 2.28. The summed E-state index contributed by atoms with van der Waals surface area (Å²) in [6, 6.07) is 13.3. The Morgan fingerprint density at radius 3 is 2.39 bits per heavy atom. The van der Waals surface area contributed by atoms with Gasteiger partial charge in [-0.05, 0) is 41.7 Å². The number of hydrogen-bond donors (Lipinski definition) is 1. The van der Waals surface area contributed by atoms with Gasteiger partial charge in [-0.1, -0.05) is 45.0 Å². The zero-order valence-electron chi connectivity index (χ0n) is 12.0. The summed E-state index contributed by atoms with van der Waals surface area (Å²) in [6.07, 6.45) is 1.16. The van der Waals surface area contributed by atoms with Crippen molar-refractivity contribution in [1.82, 2.24) is 0 Å². The van der Waals surface area contributed by atoms with Crippen LogP contribution in [0.4, 0.5) is 5.69 Å². The predicted molar refractivity (Wildman–Crippen MR) is 79.4 cm³/mol. The van der Waals surface area contributed by atoms with E-state index in [-0.39, 0.29) is 5.41 Å². The van der Waals surface area contributed by atoms with Gasteiger partial charge in [-0.25, -0.2) is 0 Å². The molecule has 0 aromatic heterocycles. The SMILES string of the molecule is CC[NH2+]c1ccc2ccccc2c1C(C)(C)CC. The number of hydrogen-bond acceptors (Lipinski definition) is 0. The number of rotatable bonds is 4. The van der Waals surface area contributed by atoms with Crippen molar-refractivity contribution in [2.45, 2.75) is 39.5 Å². The molecule has 0 aliphatic carbocycles. The highest BCUT2D eigenvalue weighted by molar-refractivity contribution is 5.89. The van der Waals surface area contributed by atoms with Crippen LogP contribution in [0.3, 0.4) is 0 Å². The Morgan fingerprint density at radius 1 is 1.00 bits per heavy atom. The van der Waals surface area contributed by atoms with Crippen LogP contribution in [0.15, 0.2) is 36.4 Å². The number of nitrogens with two attached hydrogens (primary N) is 1. The molecule has 2 rings (SSSR count). The van der Waals surface area contributed by atoms with Crippen LogP contribution < -0.4 is 5.32 Å². The van der Waals surface area contributed by atoms with Crippen molar-refractivity contribution in [3.63, 3.8) is 0 Å². The standard InChI is InChI=1S/C17H23N/c1-5-17(3,4)16-14-10-8-7-9-13(14)11-12-15(16)18-6-2/h7-12,18H,5-6H2,1-4H3/p+1. The molecule has 2 N–H and O–H groups in total. The van der Waals surface area contributed by atoms with E-state index in [2.05, 4.69) is 69.4 Å². The highest BCUT2D eigenvalue weighted by atomic mass is 14.9. The molecule has 0 saturated heterocycles. The Hall–Kier alpha value is -1.34. The molecule has 0 fully saturated rings. The van der Waals surface area contributed by atoms with Crippen molar-refractivity contribution in [2.75, 3.05) is 6.54 Å². The van der Waals surface area contributed by atoms with E-state index in [0.29, 0.717) is 0 Å². The smallest absolute Gasteiger partial charge is 0.133 e. The Kier molecular flexibility index (Phi) is 3.72. The topological polar surface area (TPSA) is 16.6 Å². The van der Waals surface area contributed by atoms with E-state index >= 15 is 0 Å². The van der Waals surface area contributed by atoms with Crippen LogP contribution in [-0.2, 0) is 5.41 Å². The fourth-order valence-corrected chi connectivity index (χ4v) is 2.61. The maximum Gasteiger partial charge on any atom is 0.133 e. The third-order valence-electron chi connectivity index (χ3n) is 3.95. The first kappa shape index (κ1) is 13.1. The third-order valence-corrected chi connectivity index (χ3v) is 3.95. The summed E-state index contributed by atoms with van der Waals surface area (Å²) in [5, 5.41) is 5.10. The fraction of sp³-hybridized carbons (Fsp3) is 0.412. The quantitative estimate of drug-likeness (QED) is 0.787. The summed E-state index contributed by atoms with van der Waals surface area (Å²) < 4.78 is 0. The summed E-state index contributed by atoms with van der Waals surface area (Å²) in [7, 11) is 0. The summed E-state index contributed by atoms with van der Waals surface area (Å²) in [6.45, 7) is 10.3. The Labute approximate surface area is 110 Å². The van der Waals surface area contributed by atoms with Gasteiger partial charge in [0.2, 0.25) is 0 Å². The van der Waals surface area contributed by atoms with E-state index in [1.165, 1.54) is 22.0 Å². The van der Waals surface area contributed by atoms with Crippen molar-refractivity contribution in [2.24, 2.45) is 0 Å². The van der Waals surface area contributed by atoms with E-state index in [1.54, 1.807) is 0 Å². The second-order valence-electron chi connectivity index (χ2n) is 5.60. The van der Waals surface area contributed by atoms with Crippen molar-refractivity contribution >= 4 is 16.5 Å². The second-order valence-corrected chi connectivity index (χ2v) is 5.60. The minimum atomic E-state index is 0.224. The van der Waals surface area contributed by atoms with Crippen LogP contribution in [0, 0.1) is 0 Å². The Bertz CT molecular complexity index is 540. The van der Waals surface area contributed by atoms with Gasteiger partial charge in [0.25, 0.3) is 0 Å². The minimum absolute atomic E-state index is 0.224. The summed E-state index contributed by atoms with van der Waals surface area (Å²) in [5.41, 5.74) is 3.13. The van der Waals surface area contributed by atoms with Gasteiger partial charge in [-0.3, -0.25) is 0 Å². The van der Waals surface area contributed by atoms with E-state index in [0.717, 1.165) is 13.0 Å². The normalized spacial score (nSPS) is 12.0. The van der Waals surface area contributed by atoms with Crippen molar-refractivity contribution in [3.8, 4) is 0 Å². The molecule has 18 heavy (non-hydrogen) atoms. The lowest BCUT2D eigenvalue weighted by molar-refractivity contribution is -0.568. The average molecular weight is 242 g/mol. The summed E-state index contributed by atoms with van der Waals surface area (Å²) >= 11 is 0. The van der Waals surface area contributed by atoms with Gasteiger partial charge in [0.1, 0.15) is 5.69 Å². The molecule has 96 valence electrons. The van der Waals surface area contributed by atoms with Gasteiger partial charge in [-0.2, -0.15) is 0 Å². The van der Waals surface area contributed by atoms with Crippen molar-refractivity contribution < 1.29 is 5.32 Å². The lowest BCUT2D eigenvalue weighted by Crippen LogP contribution is -2.77. The van der Waals surface area contributed by atoms with E-state index < -0.39 is 0 Å². The molecule has 2 aromatic carbocycles. The van der Waals surface area contributed by atoms with Crippen LogP contribution in [0.2, 0.25) is 0 Å². The van der Waals surface area contributed by atoms with Crippen molar-refractivity contribution in [3.05, 3.63) is 42.0 Å². The second kappa shape index (κ2) is 5.11. The summed E-state index contributed by atoms with van der Waals surface area (Å²) in [4.78, 5) is 0. The number of quaternary nitrogens is 1. The zero-order valence-corrected chi connectivity index (χ0v) is 12.0. The first-order chi connectivity index (χ1) is 8.60.